The van der Waals surface area contributed by atoms with Gasteiger partial charge >= 0.3 is 0 Å². The Morgan fingerprint density at radius 1 is 1.17 bits per heavy atom. The van der Waals surface area contributed by atoms with Crippen molar-refractivity contribution in [2.75, 3.05) is 0 Å². The zero-order valence-corrected chi connectivity index (χ0v) is 13.6. The number of hydrogen-bond donors (Lipinski definition) is 1. The van der Waals surface area contributed by atoms with E-state index in [0.717, 1.165) is 12.8 Å². The third kappa shape index (κ3) is 4.63. The highest BCUT2D eigenvalue weighted by Crippen LogP contribution is 2.18. The fourth-order valence-electron chi connectivity index (χ4n) is 3.02. The topological polar surface area (TPSA) is 68.0 Å². The van der Waals surface area contributed by atoms with E-state index >= 15 is 0 Å². The average Bonchev–Trinajstić information content (AvgIpc) is 2.91. The fraction of sp³-hybridized carbons (Fsp3) is 0.500. The van der Waals surface area contributed by atoms with E-state index in [0.29, 0.717) is 36.2 Å². The molecule has 1 aliphatic rings. The van der Waals surface area contributed by atoms with Crippen LogP contribution < -0.4 is 5.32 Å². The van der Waals surface area contributed by atoms with E-state index in [2.05, 4.69) is 15.5 Å². The molecule has 0 unspecified atom stereocenters. The number of nitrogens with zero attached hydrogens (tertiary/aromatic N) is 2. The highest BCUT2D eigenvalue weighted by molar-refractivity contribution is 5.76. The summed E-state index contributed by atoms with van der Waals surface area (Å²) in [7, 11) is 0. The minimum atomic E-state index is -0.308. The van der Waals surface area contributed by atoms with Gasteiger partial charge in [-0.05, 0) is 37.1 Å². The molecule has 1 saturated carbocycles. The van der Waals surface area contributed by atoms with Crippen LogP contribution in [-0.4, -0.2) is 22.1 Å². The first-order valence-corrected chi connectivity index (χ1v) is 8.58. The molecule has 2 aromatic rings. The van der Waals surface area contributed by atoms with E-state index in [1.54, 1.807) is 12.1 Å². The molecule has 5 nitrogen and oxygen atoms in total. The molecule has 1 fully saturated rings. The first-order chi connectivity index (χ1) is 11.7. The van der Waals surface area contributed by atoms with Crippen molar-refractivity contribution in [3.8, 4) is 11.4 Å². The number of carbonyl (C=O) groups is 1. The predicted octanol–water partition coefficient (Wildman–Crippen LogP) is 3.65. The molecule has 0 radical (unpaired) electrons. The Bertz CT molecular complexity index is 661. The number of rotatable bonds is 5. The van der Waals surface area contributed by atoms with Crippen molar-refractivity contribution >= 4 is 5.91 Å². The highest BCUT2D eigenvalue weighted by atomic mass is 19.1. The Kier molecular flexibility index (Phi) is 5.56. The molecule has 1 aromatic heterocycles. The lowest BCUT2D eigenvalue weighted by Gasteiger charge is -2.15. The number of carbonyl (C=O) groups excluding carboxylic acids is 1. The van der Waals surface area contributed by atoms with Gasteiger partial charge in [-0.3, -0.25) is 4.79 Å². The first-order valence-electron chi connectivity index (χ1n) is 8.58. The second kappa shape index (κ2) is 8.04. The lowest BCUT2D eigenvalue weighted by Crippen LogP contribution is -2.34. The molecule has 1 N–H and O–H groups in total. The fourth-order valence-corrected chi connectivity index (χ4v) is 3.02. The Hall–Kier alpha value is -2.24. The molecule has 1 aliphatic carbocycles. The molecule has 0 atom stereocenters. The molecule has 0 aliphatic heterocycles. The number of amides is 1. The summed E-state index contributed by atoms with van der Waals surface area (Å²) in [4.78, 5) is 16.3. The van der Waals surface area contributed by atoms with E-state index in [4.69, 9.17) is 4.52 Å². The van der Waals surface area contributed by atoms with E-state index in [1.165, 1.54) is 37.8 Å². The Morgan fingerprint density at radius 2 is 1.88 bits per heavy atom. The Labute approximate surface area is 140 Å². The van der Waals surface area contributed by atoms with Crippen molar-refractivity contribution in [3.05, 3.63) is 36.0 Å². The maximum absolute atomic E-state index is 12.9. The largest absolute Gasteiger partial charge is 0.353 e. The third-order valence-electron chi connectivity index (χ3n) is 4.36. The third-order valence-corrected chi connectivity index (χ3v) is 4.36. The normalized spacial score (nSPS) is 15.9. The van der Waals surface area contributed by atoms with Crippen LogP contribution in [0.2, 0.25) is 0 Å². The van der Waals surface area contributed by atoms with Crippen LogP contribution in [0.4, 0.5) is 4.39 Å². The number of benzene rings is 1. The Balaban J connectivity index is 1.49. The van der Waals surface area contributed by atoms with Gasteiger partial charge < -0.3 is 9.84 Å². The van der Waals surface area contributed by atoms with Crippen molar-refractivity contribution in [1.82, 2.24) is 15.5 Å². The van der Waals surface area contributed by atoms with Gasteiger partial charge in [0.05, 0.1) is 0 Å². The second-order valence-corrected chi connectivity index (χ2v) is 6.27. The summed E-state index contributed by atoms with van der Waals surface area (Å²) >= 11 is 0. The molecular formula is C18H22FN3O2. The number of nitrogens with one attached hydrogen (secondary N) is 1. The molecule has 1 heterocycles. The van der Waals surface area contributed by atoms with E-state index in [9.17, 15) is 9.18 Å². The smallest absolute Gasteiger partial charge is 0.227 e. The van der Waals surface area contributed by atoms with Gasteiger partial charge in [-0.25, -0.2) is 4.39 Å². The zero-order chi connectivity index (χ0) is 16.8. The summed E-state index contributed by atoms with van der Waals surface area (Å²) in [6, 6.07) is 6.21. The van der Waals surface area contributed by atoms with Gasteiger partial charge in [0.25, 0.3) is 0 Å². The summed E-state index contributed by atoms with van der Waals surface area (Å²) in [5.74, 6) is 0.556. The van der Waals surface area contributed by atoms with Crippen molar-refractivity contribution < 1.29 is 13.7 Å². The van der Waals surface area contributed by atoms with Crippen molar-refractivity contribution in [2.45, 2.75) is 57.4 Å². The number of aromatic nitrogens is 2. The van der Waals surface area contributed by atoms with Gasteiger partial charge in [0.2, 0.25) is 17.6 Å². The minimum Gasteiger partial charge on any atom is -0.353 e. The second-order valence-electron chi connectivity index (χ2n) is 6.27. The maximum atomic E-state index is 12.9. The predicted molar refractivity (Wildman–Crippen MR) is 87.6 cm³/mol. The van der Waals surface area contributed by atoms with Crippen LogP contribution in [-0.2, 0) is 11.2 Å². The quantitative estimate of drug-likeness (QED) is 0.849. The molecular weight excluding hydrogens is 309 g/mol. The van der Waals surface area contributed by atoms with Gasteiger partial charge in [0, 0.05) is 24.4 Å². The monoisotopic (exact) mass is 331 g/mol. The summed E-state index contributed by atoms with van der Waals surface area (Å²) in [5, 5.41) is 6.99. The molecule has 0 saturated heterocycles. The van der Waals surface area contributed by atoms with Crippen LogP contribution in [0, 0.1) is 5.82 Å². The van der Waals surface area contributed by atoms with Crippen molar-refractivity contribution in [1.29, 1.82) is 0 Å². The average molecular weight is 331 g/mol. The molecule has 24 heavy (non-hydrogen) atoms. The molecule has 128 valence electrons. The standard InChI is InChI=1S/C18H22FN3O2/c19-14-9-7-13(8-10-14)18-21-17(24-22-18)12-11-16(23)20-15-5-3-1-2-4-6-15/h7-10,15H,1-6,11-12H2,(H,20,23). The van der Waals surface area contributed by atoms with Gasteiger partial charge in [-0.2, -0.15) is 4.98 Å². The summed E-state index contributed by atoms with van der Waals surface area (Å²) in [6.07, 6.45) is 7.79. The Morgan fingerprint density at radius 3 is 2.58 bits per heavy atom. The van der Waals surface area contributed by atoms with Gasteiger partial charge in [-0.15, -0.1) is 0 Å². The van der Waals surface area contributed by atoms with Gasteiger partial charge in [0.1, 0.15) is 5.82 Å². The van der Waals surface area contributed by atoms with E-state index in [-0.39, 0.29) is 11.7 Å². The van der Waals surface area contributed by atoms with E-state index in [1.807, 2.05) is 0 Å². The van der Waals surface area contributed by atoms with Gasteiger partial charge in [0.15, 0.2) is 0 Å². The molecule has 1 amide bonds. The minimum absolute atomic E-state index is 0.0310. The van der Waals surface area contributed by atoms with Crippen LogP contribution in [0.3, 0.4) is 0 Å². The van der Waals surface area contributed by atoms with Crippen LogP contribution in [0.15, 0.2) is 28.8 Å². The van der Waals surface area contributed by atoms with Crippen molar-refractivity contribution in [3.63, 3.8) is 0 Å². The number of halogens is 1. The van der Waals surface area contributed by atoms with Crippen LogP contribution in [0.25, 0.3) is 11.4 Å². The molecule has 6 heteroatoms. The molecule has 0 spiro atoms. The lowest BCUT2D eigenvalue weighted by atomic mass is 10.1. The zero-order valence-electron chi connectivity index (χ0n) is 13.6. The summed E-state index contributed by atoms with van der Waals surface area (Å²) < 4.78 is 18.1. The molecule has 0 bridgehead atoms. The van der Waals surface area contributed by atoms with Crippen LogP contribution in [0.5, 0.6) is 0 Å². The highest BCUT2D eigenvalue weighted by Gasteiger charge is 2.16. The number of aryl methyl sites for hydroxylation is 1. The summed E-state index contributed by atoms with van der Waals surface area (Å²) in [5.41, 5.74) is 0.689. The summed E-state index contributed by atoms with van der Waals surface area (Å²) in [6.45, 7) is 0. The SMILES string of the molecule is O=C(CCc1nc(-c2ccc(F)cc2)no1)NC1CCCCCC1. The van der Waals surface area contributed by atoms with Crippen molar-refractivity contribution in [2.24, 2.45) is 0 Å². The first kappa shape index (κ1) is 16.6. The van der Waals surface area contributed by atoms with Crippen LogP contribution >= 0.6 is 0 Å². The molecule has 3 rings (SSSR count). The molecule has 1 aromatic carbocycles. The van der Waals surface area contributed by atoms with Crippen LogP contribution in [0.1, 0.15) is 50.8 Å². The van der Waals surface area contributed by atoms with E-state index < -0.39 is 0 Å². The maximum Gasteiger partial charge on any atom is 0.227 e. The lowest BCUT2D eigenvalue weighted by molar-refractivity contribution is -0.121. The number of hydrogen-bond acceptors (Lipinski definition) is 4. The van der Waals surface area contributed by atoms with Gasteiger partial charge in [-0.1, -0.05) is 30.8 Å².